The lowest BCUT2D eigenvalue weighted by Gasteiger charge is -2.08. The molecule has 0 amide bonds. The van der Waals surface area contributed by atoms with Crippen molar-refractivity contribution < 1.29 is 4.74 Å². The molecule has 1 aromatic heterocycles. The van der Waals surface area contributed by atoms with Crippen molar-refractivity contribution in [1.82, 2.24) is 0 Å². The maximum atomic E-state index is 5.96. The molecule has 2 aromatic rings. The highest BCUT2D eigenvalue weighted by molar-refractivity contribution is 7.10. The molecule has 0 radical (unpaired) electrons. The molecule has 0 unspecified atom stereocenters. The Hall–Kier alpha value is -1.47. The first kappa shape index (κ1) is 14.0. The van der Waals surface area contributed by atoms with Gasteiger partial charge in [-0.15, -0.1) is 11.3 Å². The van der Waals surface area contributed by atoms with Crippen LogP contribution in [0.25, 0.3) is 0 Å². The Morgan fingerprint density at radius 1 is 1.37 bits per heavy atom. The van der Waals surface area contributed by atoms with Crippen molar-refractivity contribution in [1.29, 1.82) is 0 Å². The van der Waals surface area contributed by atoms with Crippen molar-refractivity contribution in [3.8, 4) is 17.6 Å². The van der Waals surface area contributed by atoms with Crippen LogP contribution in [-0.4, -0.2) is 6.54 Å². The SMILES string of the molecule is Cc1ccc(Cl)cc1OCc1sccc1C#CCN. The average Bonchev–Trinajstić information content (AvgIpc) is 2.85. The summed E-state index contributed by atoms with van der Waals surface area (Å²) in [7, 11) is 0. The minimum Gasteiger partial charge on any atom is -0.488 e. The molecule has 2 rings (SSSR count). The fourth-order valence-corrected chi connectivity index (χ4v) is 2.49. The first-order valence-electron chi connectivity index (χ1n) is 5.85. The third-order valence-corrected chi connectivity index (χ3v) is 3.71. The van der Waals surface area contributed by atoms with Crippen LogP contribution in [0.15, 0.2) is 29.6 Å². The predicted octanol–water partition coefficient (Wildman–Crippen LogP) is 3.60. The lowest BCUT2D eigenvalue weighted by atomic mass is 10.2. The Morgan fingerprint density at radius 2 is 2.21 bits per heavy atom. The molecule has 0 fully saturated rings. The molecule has 0 spiro atoms. The summed E-state index contributed by atoms with van der Waals surface area (Å²) in [4.78, 5) is 1.10. The van der Waals surface area contributed by atoms with E-state index in [1.165, 1.54) is 0 Å². The number of ether oxygens (including phenoxy) is 1. The van der Waals surface area contributed by atoms with Gasteiger partial charge in [0.15, 0.2) is 0 Å². The molecule has 2 N–H and O–H groups in total. The van der Waals surface area contributed by atoms with E-state index in [9.17, 15) is 0 Å². The van der Waals surface area contributed by atoms with Crippen molar-refractivity contribution in [3.05, 3.63) is 50.7 Å². The van der Waals surface area contributed by atoms with Gasteiger partial charge in [-0.3, -0.25) is 0 Å². The van der Waals surface area contributed by atoms with Crippen molar-refractivity contribution in [2.45, 2.75) is 13.5 Å². The quantitative estimate of drug-likeness (QED) is 0.877. The van der Waals surface area contributed by atoms with E-state index < -0.39 is 0 Å². The molecule has 98 valence electrons. The topological polar surface area (TPSA) is 35.2 Å². The highest BCUT2D eigenvalue weighted by Gasteiger charge is 2.05. The zero-order valence-corrected chi connectivity index (χ0v) is 12.1. The zero-order valence-electron chi connectivity index (χ0n) is 10.6. The van der Waals surface area contributed by atoms with Crippen LogP contribution in [0, 0.1) is 18.8 Å². The highest BCUT2D eigenvalue weighted by atomic mass is 35.5. The summed E-state index contributed by atoms with van der Waals surface area (Å²) in [6, 6.07) is 7.61. The molecule has 1 aromatic carbocycles. The van der Waals surface area contributed by atoms with Crippen molar-refractivity contribution in [2.24, 2.45) is 5.73 Å². The van der Waals surface area contributed by atoms with E-state index in [1.807, 2.05) is 36.6 Å². The highest BCUT2D eigenvalue weighted by Crippen LogP contribution is 2.25. The molecule has 0 saturated carbocycles. The second kappa shape index (κ2) is 6.63. The molecule has 4 heteroatoms. The first-order valence-corrected chi connectivity index (χ1v) is 7.10. The molecule has 0 aliphatic rings. The minimum absolute atomic E-state index is 0.365. The number of rotatable bonds is 3. The number of thiophene rings is 1. The molecule has 1 heterocycles. The fraction of sp³-hybridized carbons (Fsp3) is 0.200. The van der Waals surface area contributed by atoms with Crippen molar-refractivity contribution >= 4 is 22.9 Å². The fourth-order valence-electron chi connectivity index (χ4n) is 1.58. The molecule has 2 nitrogen and oxygen atoms in total. The number of hydrogen-bond donors (Lipinski definition) is 1. The van der Waals surface area contributed by atoms with E-state index in [4.69, 9.17) is 22.1 Å². The Labute approximate surface area is 122 Å². The predicted molar refractivity (Wildman–Crippen MR) is 80.8 cm³/mol. The third kappa shape index (κ3) is 3.74. The van der Waals surface area contributed by atoms with Gasteiger partial charge in [0.2, 0.25) is 0 Å². The van der Waals surface area contributed by atoms with Crippen LogP contribution >= 0.6 is 22.9 Å². The zero-order chi connectivity index (χ0) is 13.7. The van der Waals surface area contributed by atoms with Gasteiger partial charge in [-0.2, -0.15) is 0 Å². The summed E-state index contributed by atoms with van der Waals surface area (Å²) < 4.78 is 5.81. The van der Waals surface area contributed by atoms with E-state index >= 15 is 0 Å². The molecular weight excluding hydrogens is 278 g/mol. The normalized spacial score (nSPS) is 9.84. The summed E-state index contributed by atoms with van der Waals surface area (Å²) in [5.41, 5.74) is 7.43. The van der Waals surface area contributed by atoms with Crippen LogP contribution in [0.1, 0.15) is 16.0 Å². The second-order valence-corrected chi connectivity index (χ2v) is 5.40. The lowest BCUT2D eigenvalue weighted by Crippen LogP contribution is -1.97. The van der Waals surface area contributed by atoms with Gasteiger partial charge >= 0.3 is 0 Å². The van der Waals surface area contributed by atoms with E-state index in [1.54, 1.807) is 11.3 Å². The summed E-state index contributed by atoms with van der Waals surface area (Å²) in [6.45, 7) is 2.85. The van der Waals surface area contributed by atoms with Gasteiger partial charge in [0.25, 0.3) is 0 Å². The lowest BCUT2D eigenvalue weighted by molar-refractivity contribution is 0.307. The molecule has 0 atom stereocenters. The van der Waals surface area contributed by atoms with E-state index in [2.05, 4.69) is 11.8 Å². The van der Waals surface area contributed by atoms with Gasteiger partial charge in [-0.1, -0.05) is 29.5 Å². The smallest absolute Gasteiger partial charge is 0.124 e. The van der Waals surface area contributed by atoms with Crippen molar-refractivity contribution in [3.63, 3.8) is 0 Å². The molecule has 0 aliphatic carbocycles. The van der Waals surface area contributed by atoms with Crippen LogP contribution in [-0.2, 0) is 6.61 Å². The molecule has 0 saturated heterocycles. The number of aryl methyl sites for hydroxylation is 1. The number of hydrogen-bond acceptors (Lipinski definition) is 3. The Morgan fingerprint density at radius 3 is 3.00 bits per heavy atom. The van der Waals surface area contributed by atoms with Gasteiger partial charge < -0.3 is 10.5 Å². The number of benzene rings is 1. The Balaban J connectivity index is 2.10. The molecule has 0 aliphatic heterocycles. The third-order valence-electron chi connectivity index (χ3n) is 2.58. The van der Waals surface area contributed by atoms with Crippen LogP contribution in [0.4, 0.5) is 0 Å². The standard InChI is InChI=1S/C15H14ClNOS/c1-11-4-5-13(16)9-14(11)18-10-15-12(3-2-7-17)6-8-19-15/h4-6,8-9H,7,10,17H2,1H3. The Kier molecular flexibility index (Phi) is 4.86. The van der Waals surface area contributed by atoms with Gasteiger partial charge in [0, 0.05) is 10.6 Å². The monoisotopic (exact) mass is 291 g/mol. The average molecular weight is 292 g/mol. The van der Waals surface area contributed by atoms with Crippen LogP contribution in [0.2, 0.25) is 5.02 Å². The maximum Gasteiger partial charge on any atom is 0.124 e. The van der Waals surface area contributed by atoms with E-state index in [0.717, 1.165) is 21.8 Å². The molecule has 19 heavy (non-hydrogen) atoms. The van der Waals surface area contributed by atoms with E-state index in [0.29, 0.717) is 18.2 Å². The van der Waals surface area contributed by atoms with Crippen molar-refractivity contribution in [2.75, 3.05) is 6.54 Å². The summed E-state index contributed by atoms with van der Waals surface area (Å²) >= 11 is 7.59. The van der Waals surface area contributed by atoms with E-state index in [-0.39, 0.29) is 0 Å². The molecule has 0 bridgehead atoms. The van der Waals surface area contributed by atoms with Crippen LogP contribution in [0.3, 0.4) is 0 Å². The molecular formula is C15H14ClNOS. The second-order valence-electron chi connectivity index (χ2n) is 3.96. The van der Waals surface area contributed by atoms with Crippen LogP contribution < -0.4 is 10.5 Å². The van der Waals surface area contributed by atoms with Gasteiger partial charge in [-0.05, 0) is 36.1 Å². The first-order chi connectivity index (χ1) is 9.20. The van der Waals surface area contributed by atoms with Crippen LogP contribution in [0.5, 0.6) is 5.75 Å². The number of nitrogens with two attached hydrogens (primary N) is 1. The number of halogens is 1. The largest absolute Gasteiger partial charge is 0.488 e. The van der Waals surface area contributed by atoms with Gasteiger partial charge in [0.1, 0.15) is 12.4 Å². The van der Waals surface area contributed by atoms with Gasteiger partial charge in [-0.25, -0.2) is 0 Å². The summed E-state index contributed by atoms with van der Waals surface area (Å²) in [5, 5.41) is 2.68. The van der Waals surface area contributed by atoms with Gasteiger partial charge in [0.05, 0.1) is 11.4 Å². The Bertz CT molecular complexity index is 625. The summed E-state index contributed by atoms with van der Waals surface area (Å²) in [6.07, 6.45) is 0. The maximum absolute atomic E-state index is 5.96. The summed E-state index contributed by atoms with van der Waals surface area (Å²) in [5.74, 6) is 6.71. The minimum atomic E-state index is 0.365.